The Kier molecular flexibility index (Phi) is 3.75. The molecule has 1 heteroatoms. The lowest BCUT2D eigenvalue weighted by molar-refractivity contribution is 0.669. The summed E-state index contributed by atoms with van der Waals surface area (Å²) >= 11 is 0. The molecule has 1 aromatic heterocycles. The van der Waals surface area contributed by atoms with Crippen LogP contribution >= 0.6 is 0 Å². The predicted molar refractivity (Wildman–Crippen MR) is 208 cm³/mol. The van der Waals surface area contributed by atoms with E-state index >= 15 is 0 Å². The molecule has 10 aromatic rings. The van der Waals surface area contributed by atoms with Gasteiger partial charge >= 0.3 is 0 Å². The van der Waals surface area contributed by atoms with Gasteiger partial charge in [0, 0.05) is 10.8 Å². The Labute approximate surface area is 305 Å². The van der Waals surface area contributed by atoms with Crippen molar-refractivity contribution in [3.8, 4) is 44.5 Å². The maximum Gasteiger partial charge on any atom is 0.136 e. The van der Waals surface area contributed by atoms with Crippen LogP contribution in [0.3, 0.4) is 0 Å². The first-order valence-electron chi connectivity index (χ1n) is 23.1. The number of hydrogen-bond acceptors (Lipinski definition) is 1. The van der Waals surface area contributed by atoms with E-state index in [2.05, 4.69) is 0 Å². The van der Waals surface area contributed by atoms with Crippen LogP contribution in [0.2, 0.25) is 0 Å². The van der Waals surface area contributed by atoms with Crippen LogP contribution in [0.4, 0.5) is 0 Å². The molecule has 0 saturated heterocycles. The second kappa shape index (κ2) is 11.1. The SMILES string of the molecule is [2H]c1c([2H])c([2H])c(-c2c([2H])c([2H])c3oc4c([2H])c([2H])c([2H])c(-c5c6ccccc6c(-c6c([2H])c([2H])c([2H])c(-c7ccc8ccccc8c7)c6[2H])c6ccccc56)c4c3c2[2H])c([2H])c1[2H]. The molecule has 0 bridgehead atoms. The zero-order valence-electron chi connectivity index (χ0n) is 40.6. The standard InChI is InChI=1S/C48H30O/c1-2-12-31(13-3-1)36-26-27-44-43(30-36)48-42(22-11-23-45(48)49-44)47-40-20-8-6-18-38(40)46(39-19-7-9-21-41(39)47)37-17-10-16-34(29-37)35-25-24-32-14-4-5-15-33(32)28-35/h1-30H/i1D,2D,3D,10D,11D,12D,13D,16D,17D,22D,23D,26D,27D,29D,30D. The van der Waals surface area contributed by atoms with Gasteiger partial charge in [-0.3, -0.25) is 0 Å². The fraction of sp³-hybridized carbons (Fsp3) is 0. The van der Waals surface area contributed by atoms with Crippen LogP contribution in [0, 0.1) is 0 Å². The van der Waals surface area contributed by atoms with Crippen molar-refractivity contribution in [1.82, 2.24) is 0 Å². The van der Waals surface area contributed by atoms with Crippen LogP contribution in [-0.2, 0) is 0 Å². The molecule has 1 heterocycles. The van der Waals surface area contributed by atoms with E-state index < -0.39 is 77.6 Å². The van der Waals surface area contributed by atoms with Gasteiger partial charge in [-0.1, -0.05) is 151 Å². The summed E-state index contributed by atoms with van der Waals surface area (Å²) in [5.41, 5.74) is 0.0207. The second-order valence-electron chi connectivity index (χ2n) is 11.7. The zero-order chi connectivity index (χ0) is 45.4. The Morgan fingerprint density at radius 2 is 1.02 bits per heavy atom. The quantitative estimate of drug-likeness (QED) is 0.175. The maximum atomic E-state index is 9.73. The van der Waals surface area contributed by atoms with E-state index in [1.165, 1.54) is 0 Å². The van der Waals surface area contributed by atoms with E-state index in [9.17, 15) is 5.48 Å². The second-order valence-corrected chi connectivity index (χ2v) is 11.7. The van der Waals surface area contributed by atoms with Crippen molar-refractivity contribution >= 4 is 54.3 Å². The number of benzene rings is 9. The van der Waals surface area contributed by atoms with Crippen LogP contribution in [-0.4, -0.2) is 0 Å². The van der Waals surface area contributed by atoms with Gasteiger partial charge in [0.25, 0.3) is 0 Å². The summed E-state index contributed by atoms with van der Waals surface area (Å²) < 4.78 is 141. The van der Waals surface area contributed by atoms with Crippen LogP contribution in [0.5, 0.6) is 0 Å². The highest BCUT2D eigenvalue weighted by molar-refractivity contribution is 6.25. The molecule has 0 radical (unpaired) electrons. The summed E-state index contributed by atoms with van der Waals surface area (Å²) in [4.78, 5) is 0. The van der Waals surface area contributed by atoms with E-state index in [0.29, 0.717) is 38.2 Å². The first-order valence-corrected chi connectivity index (χ1v) is 15.6. The Morgan fingerprint density at radius 3 is 1.80 bits per heavy atom. The normalized spacial score (nSPS) is 16.0. The minimum atomic E-state index is -0.705. The minimum Gasteiger partial charge on any atom is -0.456 e. The lowest BCUT2D eigenvalue weighted by atomic mass is 9.84. The third kappa shape index (κ3) is 4.47. The maximum absolute atomic E-state index is 9.73. The van der Waals surface area contributed by atoms with Gasteiger partial charge < -0.3 is 4.42 Å². The highest BCUT2D eigenvalue weighted by Crippen LogP contribution is 2.47. The van der Waals surface area contributed by atoms with Gasteiger partial charge in [0.05, 0.1) is 20.6 Å². The zero-order valence-corrected chi connectivity index (χ0v) is 25.6. The van der Waals surface area contributed by atoms with E-state index in [0.717, 1.165) is 10.8 Å². The molecule has 0 aliphatic carbocycles. The average Bonchev–Trinajstić information content (AvgIpc) is 3.70. The molecule has 0 spiro atoms. The van der Waals surface area contributed by atoms with E-state index in [1.807, 2.05) is 36.4 Å². The highest BCUT2D eigenvalue weighted by Gasteiger charge is 2.20. The molecule has 9 aromatic carbocycles. The van der Waals surface area contributed by atoms with Crippen molar-refractivity contribution < 1.29 is 25.0 Å². The molecule has 0 unspecified atom stereocenters. The first-order chi connectivity index (χ1) is 30.6. The first kappa shape index (κ1) is 16.6. The Hall–Kier alpha value is -6.44. The molecule has 49 heavy (non-hydrogen) atoms. The van der Waals surface area contributed by atoms with E-state index in [1.54, 1.807) is 54.6 Å². The average molecular weight is 638 g/mol. The summed E-state index contributed by atoms with van der Waals surface area (Å²) in [5.74, 6) is 0. The molecule has 0 saturated carbocycles. The molecule has 228 valence electrons. The lowest BCUT2D eigenvalue weighted by Gasteiger charge is -2.18. The van der Waals surface area contributed by atoms with Gasteiger partial charge in [0.1, 0.15) is 11.2 Å². The Morgan fingerprint density at radius 1 is 0.388 bits per heavy atom. The summed E-state index contributed by atoms with van der Waals surface area (Å²) in [6.07, 6.45) is 0. The van der Waals surface area contributed by atoms with Crippen molar-refractivity contribution in [2.45, 2.75) is 0 Å². The van der Waals surface area contributed by atoms with Gasteiger partial charge in [0.2, 0.25) is 0 Å². The predicted octanol–water partition coefficient (Wildman–Crippen LogP) is 13.7. The van der Waals surface area contributed by atoms with Crippen molar-refractivity contribution in [2.24, 2.45) is 0 Å². The smallest absolute Gasteiger partial charge is 0.136 e. The largest absolute Gasteiger partial charge is 0.456 e. The van der Waals surface area contributed by atoms with Crippen molar-refractivity contribution in [3.63, 3.8) is 0 Å². The summed E-state index contributed by atoms with van der Waals surface area (Å²) in [5, 5.41) is 3.46. The molecular weight excluding hydrogens is 593 g/mol. The lowest BCUT2D eigenvalue weighted by Crippen LogP contribution is -1.91. The third-order valence-electron chi connectivity index (χ3n) is 8.92. The summed E-state index contributed by atoms with van der Waals surface area (Å²) in [6.45, 7) is 0. The van der Waals surface area contributed by atoms with Crippen LogP contribution in [0.15, 0.2) is 186 Å². The monoisotopic (exact) mass is 637 g/mol. The number of rotatable bonds is 4. The molecule has 0 fully saturated rings. The van der Waals surface area contributed by atoms with Gasteiger partial charge in [-0.15, -0.1) is 0 Å². The van der Waals surface area contributed by atoms with Gasteiger partial charge in [-0.25, -0.2) is 0 Å². The van der Waals surface area contributed by atoms with Crippen molar-refractivity contribution in [1.29, 1.82) is 0 Å². The minimum absolute atomic E-state index is 0.0167. The van der Waals surface area contributed by atoms with Gasteiger partial charge in [-0.2, -0.15) is 0 Å². The van der Waals surface area contributed by atoms with Gasteiger partial charge in [0.15, 0.2) is 0 Å². The Bertz CT molecular complexity index is 3660. The van der Waals surface area contributed by atoms with E-state index in [4.69, 9.17) is 19.5 Å². The molecule has 0 amide bonds. The fourth-order valence-corrected chi connectivity index (χ4v) is 6.77. The van der Waals surface area contributed by atoms with E-state index in [-0.39, 0.29) is 62.8 Å². The van der Waals surface area contributed by atoms with Crippen molar-refractivity contribution in [3.05, 3.63) is 182 Å². The Balaban J connectivity index is 1.36. The van der Waals surface area contributed by atoms with Crippen molar-refractivity contribution in [2.75, 3.05) is 0 Å². The molecule has 0 aliphatic heterocycles. The molecule has 10 rings (SSSR count). The van der Waals surface area contributed by atoms with Crippen LogP contribution in [0.1, 0.15) is 20.6 Å². The van der Waals surface area contributed by atoms with Crippen LogP contribution in [0.25, 0.3) is 98.8 Å². The molecule has 0 atom stereocenters. The van der Waals surface area contributed by atoms with Crippen LogP contribution < -0.4 is 0 Å². The third-order valence-corrected chi connectivity index (χ3v) is 8.92. The topological polar surface area (TPSA) is 13.1 Å². The highest BCUT2D eigenvalue weighted by atomic mass is 16.3. The molecule has 1 nitrogen and oxygen atoms in total. The number of fused-ring (bicyclic) bond motifs is 6. The molecular formula is C48H30O. The summed E-state index contributed by atoms with van der Waals surface area (Å²) in [6, 6.07) is 19.3. The fourth-order valence-electron chi connectivity index (χ4n) is 6.77. The summed E-state index contributed by atoms with van der Waals surface area (Å²) in [7, 11) is 0. The molecule has 0 aliphatic rings. The van der Waals surface area contributed by atoms with Gasteiger partial charge in [-0.05, 0) is 107 Å². The number of hydrogen-bond donors (Lipinski definition) is 0. The molecule has 0 N–H and O–H groups in total. The number of furan rings is 1.